The number of benzene rings is 2. The fraction of sp³-hybridized carbons (Fsp3) is 0.111. The van der Waals surface area contributed by atoms with Crippen LogP contribution < -0.4 is 11.3 Å². The molecule has 0 radical (unpaired) electrons. The van der Waals surface area contributed by atoms with Crippen LogP contribution in [0.4, 0.5) is 5.69 Å². The minimum atomic E-state index is -0.618. The summed E-state index contributed by atoms with van der Waals surface area (Å²) in [5.74, 6) is -0.543. The summed E-state index contributed by atoms with van der Waals surface area (Å²) in [5.41, 5.74) is 8.99. The third-order valence-electron chi connectivity index (χ3n) is 3.80. The normalized spacial score (nSPS) is 11.8. The maximum atomic E-state index is 11.7. The van der Waals surface area contributed by atoms with Gasteiger partial charge < -0.3 is 15.3 Å². The highest BCUT2D eigenvalue weighted by Crippen LogP contribution is 2.22. The molecule has 0 saturated carbocycles. The molecule has 3 N–H and O–H groups in total. The Labute approximate surface area is 132 Å². The second-order valence-electron chi connectivity index (χ2n) is 5.38. The molecule has 0 aliphatic heterocycles. The van der Waals surface area contributed by atoms with Gasteiger partial charge in [-0.05, 0) is 49.2 Å². The average Bonchev–Trinajstić information content (AvgIpc) is 2.51. The number of nitrogens with zero attached hydrogens (tertiary/aromatic N) is 1. The highest BCUT2D eigenvalue weighted by atomic mass is 16.3. The first-order valence-corrected chi connectivity index (χ1v) is 7.13. The van der Waals surface area contributed by atoms with Crippen molar-refractivity contribution in [3.05, 3.63) is 64.7 Å². The van der Waals surface area contributed by atoms with Crippen LogP contribution in [0.15, 0.2) is 51.9 Å². The topological polar surface area (TPSA) is 88.8 Å². The van der Waals surface area contributed by atoms with Crippen LogP contribution in [-0.2, 0) is 0 Å². The van der Waals surface area contributed by atoms with Crippen LogP contribution in [0.25, 0.3) is 11.0 Å². The first kappa shape index (κ1) is 14.8. The second-order valence-corrected chi connectivity index (χ2v) is 5.38. The van der Waals surface area contributed by atoms with Crippen molar-refractivity contribution < 1.29 is 14.3 Å². The molecule has 1 aromatic heterocycles. The summed E-state index contributed by atoms with van der Waals surface area (Å²) in [7, 11) is 0. The van der Waals surface area contributed by atoms with Gasteiger partial charge in [0.1, 0.15) is 16.9 Å². The quantitative estimate of drug-likeness (QED) is 0.762. The van der Waals surface area contributed by atoms with Crippen molar-refractivity contribution in [2.24, 2.45) is 10.7 Å². The van der Waals surface area contributed by atoms with Crippen LogP contribution in [0.5, 0.6) is 5.75 Å². The Hall–Kier alpha value is -3.08. The molecule has 116 valence electrons. The maximum Gasteiger partial charge on any atom is 0.254 e. The lowest BCUT2D eigenvalue weighted by atomic mass is 10.1. The zero-order valence-electron chi connectivity index (χ0n) is 12.8. The van der Waals surface area contributed by atoms with E-state index in [1.54, 1.807) is 12.1 Å². The van der Waals surface area contributed by atoms with Crippen LogP contribution in [-0.4, -0.2) is 11.0 Å². The van der Waals surface area contributed by atoms with Gasteiger partial charge in [-0.25, -0.2) is 4.99 Å². The number of hydrogen-bond acceptors (Lipinski definition) is 4. The van der Waals surface area contributed by atoms with Crippen LogP contribution >= 0.6 is 0 Å². The number of rotatable bonds is 2. The Morgan fingerprint density at radius 3 is 2.70 bits per heavy atom. The average molecular weight is 308 g/mol. The summed E-state index contributed by atoms with van der Waals surface area (Å²) in [6.45, 7) is 3.93. The number of carbonyl (C=O) groups excluding carboxylic acids is 1. The van der Waals surface area contributed by atoms with Gasteiger partial charge in [-0.1, -0.05) is 12.1 Å². The summed E-state index contributed by atoms with van der Waals surface area (Å²) in [6, 6.07) is 12.0. The largest absolute Gasteiger partial charge is 0.508 e. The summed E-state index contributed by atoms with van der Waals surface area (Å²) in [4.78, 5) is 16.2. The molecule has 0 unspecified atom stereocenters. The molecular weight excluding hydrogens is 292 g/mol. The van der Waals surface area contributed by atoms with E-state index in [0.29, 0.717) is 16.7 Å². The first-order valence-electron chi connectivity index (χ1n) is 7.13. The molecule has 1 amide bonds. The number of aromatic hydroxyl groups is 1. The van der Waals surface area contributed by atoms with Crippen LogP contribution in [0, 0.1) is 13.8 Å². The van der Waals surface area contributed by atoms with E-state index in [4.69, 9.17) is 10.2 Å². The number of phenols is 1. The van der Waals surface area contributed by atoms with Crippen molar-refractivity contribution in [1.82, 2.24) is 0 Å². The third-order valence-corrected chi connectivity index (χ3v) is 3.80. The van der Waals surface area contributed by atoms with Gasteiger partial charge in [0.15, 0.2) is 0 Å². The van der Waals surface area contributed by atoms with Gasteiger partial charge in [-0.15, -0.1) is 0 Å². The van der Waals surface area contributed by atoms with Gasteiger partial charge in [0.2, 0.25) is 5.55 Å². The first-order chi connectivity index (χ1) is 11.0. The molecule has 3 rings (SSSR count). The van der Waals surface area contributed by atoms with Gasteiger partial charge in [0.05, 0.1) is 5.69 Å². The fourth-order valence-electron chi connectivity index (χ4n) is 2.33. The van der Waals surface area contributed by atoms with Gasteiger partial charge in [0.25, 0.3) is 5.91 Å². The molecule has 0 saturated heterocycles. The number of amides is 1. The summed E-state index contributed by atoms with van der Waals surface area (Å²) < 4.78 is 5.71. The van der Waals surface area contributed by atoms with Crippen LogP contribution in [0.2, 0.25) is 0 Å². The van der Waals surface area contributed by atoms with E-state index in [2.05, 4.69) is 4.99 Å². The Balaban J connectivity index is 2.34. The number of carbonyl (C=O) groups is 1. The number of primary amides is 1. The predicted octanol–water partition coefficient (Wildman–Crippen LogP) is 3.09. The highest BCUT2D eigenvalue weighted by Gasteiger charge is 2.10. The minimum absolute atomic E-state index is 0.0748. The number of hydrogen-bond donors (Lipinski definition) is 2. The lowest BCUT2D eigenvalue weighted by molar-refractivity contribution is 0.0996. The van der Waals surface area contributed by atoms with Gasteiger partial charge in [0, 0.05) is 11.5 Å². The maximum absolute atomic E-state index is 11.7. The fourth-order valence-corrected chi connectivity index (χ4v) is 2.33. The molecule has 0 bridgehead atoms. The van der Waals surface area contributed by atoms with Crippen LogP contribution in [0.1, 0.15) is 21.5 Å². The molecule has 2 aromatic carbocycles. The summed E-state index contributed by atoms with van der Waals surface area (Å²) in [6.07, 6.45) is 0. The van der Waals surface area contributed by atoms with E-state index in [9.17, 15) is 9.90 Å². The van der Waals surface area contributed by atoms with Gasteiger partial charge in [-0.2, -0.15) is 0 Å². The molecule has 1 heterocycles. The van der Waals surface area contributed by atoms with E-state index < -0.39 is 5.91 Å². The van der Waals surface area contributed by atoms with Crippen molar-refractivity contribution in [3.8, 4) is 5.75 Å². The van der Waals surface area contributed by atoms with E-state index in [1.807, 2.05) is 32.0 Å². The van der Waals surface area contributed by atoms with Gasteiger partial charge in [-0.3, -0.25) is 4.79 Å². The molecule has 23 heavy (non-hydrogen) atoms. The molecule has 5 heteroatoms. The predicted molar refractivity (Wildman–Crippen MR) is 87.5 cm³/mol. The van der Waals surface area contributed by atoms with Crippen molar-refractivity contribution in [1.29, 1.82) is 0 Å². The Morgan fingerprint density at radius 1 is 1.17 bits per heavy atom. The van der Waals surface area contributed by atoms with Gasteiger partial charge >= 0.3 is 0 Å². The Kier molecular flexibility index (Phi) is 3.62. The molecule has 5 nitrogen and oxygen atoms in total. The molecule has 0 aliphatic carbocycles. The monoisotopic (exact) mass is 308 g/mol. The molecule has 0 spiro atoms. The molecule has 3 aromatic rings. The standard InChI is InChI=1S/C18H16N2O3/c1-10-4-3-5-15(11(10)2)20-18-14(17(19)22)8-12-6-7-13(21)9-16(12)23-18/h3-9,21H,1-2H3,(H2,19,22). The van der Waals surface area contributed by atoms with E-state index in [0.717, 1.165) is 11.1 Å². The smallest absolute Gasteiger partial charge is 0.254 e. The van der Waals surface area contributed by atoms with E-state index >= 15 is 0 Å². The zero-order chi connectivity index (χ0) is 16.6. The third kappa shape index (κ3) is 2.81. The SMILES string of the molecule is Cc1cccc(N=c2oc3cc(O)ccc3cc2C(N)=O)c1C. The number of fused-ring (bicyclic) bond motifs is 1. The lowest BCUT2D eigenvalue weighted by Crippen LogP contribution is -2.21. The second kappa shape index (κ2) is 5.61. The van der Waals surface area contributed by atoms with Crippen molar-refractivity contribution >= 4 is 22.6 Å². The van der Waals surface area contributed by atoms with Crippen molar-refractivity contribution in [2.75, 3.05) is 0 Å². The summed E-state index contributed by atoms with van der Waals surface area (Å²) in [5, 5.41) is 10.3. The number of phenolic OH excluding ortho intramolecular Hbond substituents is 1. The molecular formula is C18H16N2O3. The van der Waals surface area contributed by atoms with E-state index in [1.165, 1.54) is 12.1 Å². The van der Waals surface area contributed by atoms with Crippen molar-refractivity contribution in [2.45, 2.75) is 13.8 Å². The highest BCUT2D eigenvalue weighted by molar-refractivity contribution is 5.95. The molecule has 0 fully saturated rings. The lowest BCUT2D eigenvalue weighted by Gasteiger charge is -2.05. The number of nitrogens with two attached hydrogens (primary N) is 1. The molecule has 0 aliphatic rings. The summed E-state index contributed by atoms with van der Waals surface area (Å²) >= 11 is 0. The van der Waals surface area contributed by atoms with E-state index in [-0.39, 0.29) is 16.9 Å². The number of aryl methyl sites for hydroxylation is 1. The van der Waals surface area contributed by atoms with Crippen LogP contribution in [0.3, 0.4) is 0 Å². The Morgan fingerprint density at radius 2 is 1.96 bits per heavy atom. The molecule has 0 atom stereocenters. The van der Waals surface area contributed by atoms with Crippen molar-refractivity contribution in [3.63, 3.8) is 0 Å². The minimum Gasteiger partial charge on any atom is -0.508 e. The Bertz CT molecular complexity index is 987. The zero-order valence-corrected chi connectivity index (χ0v) is 12.8.